The molecule has 2 aromatic rings. The molecule has 0 unspecified atom stereocenters. The lowest BCUT2D eigenvalue weighted by molar-refractivity contribution is 0.217. The fourth-order valence-corrected chi connectivity index (χ4v) is 1.88. The monoisotopic (exact) mass is 218 g/mol. The molecule has 16 heavy (non-hydrogen) atoms. The first kappa shape index (κ1) is 11.1. The van der Waals surface area contributed by atoms with Crippen molar-refractivity contribution in [2.75, 3.05) is 0 Å². The van der Waals surface area contributed by atoms with E-state index < -0.39 is 0 Å². The minimum Gasteiger partial charge on any atom is -0.469 e. The van der Waals surface area contributed by atoms with Gasteiger partial charge in [0.15, 0.2) is 0 Å². The number of rotatable bonds is 3. The van der Waals surface area contributed by atoms with Crippen LogP contribution in [0.5, 0.6) is 0 Å². The topological polar surface area (TPSA) is 26.3 Å². The summed E-state index contributed by atoms with van der Waals surface area (Å²) in [5.41, 5.74) is -0.233. The van der Waals surface area contributed by atoms with Gasteiger partial charge in [0, 0.05) is 10.8 Å². The Bertz CT molecular complexity index is 389. The van der Waals surface area contributed by atoms with E-state index in [0.29, 0.717) is 0 Å². The molecule has 0 spiro atoms. The van der Waals surface area contributed by atoms with Gasteiger partial charge in [0.25, 0.3) is 0 Å². The Morgan fingerprint density at radius 1 is 0.750 bits per heavy atom. The summed E-state index contributed by atoms with van der Waals surface area (Å²) >= 11 is 0. The number of hydrogen-bond donors (Lipinski definition) is 0. The summed E-state index contributed by atoms with van der Waals surface area (Å²) in [6, 6.07) is 7.89. The maximum Gasteiger partial charge on any atom is 0.110 e. The molecule has 0 aliphatic carbocycles. The van der Waals surface area contributed by atoms with Gasteiger partial charge in [-0.2, -0.15) is 0 Å². The second-order valence-electron chi connectivity index (χ2n) is 5.20. The van der Waals surface area contributed by atoms with Gasteiger partial charge in [-0.3, -0.25) is 0 Å². The molecular formula is C14H18O2. The summed E-state index contributed by atoms with van der Waals surface area (Å²) < 4.78 is 11.1. The third kappa shape index (κ3) is 1.49. The molecular weight excluding hydrogens is 200 g/mol. The minimum atomic E-state index is -0.117. The average Bonchev–Trinajstić information content (AvgIpc) is 2.91. The third-order valence-corrected chi connectivity index (χ3v) is 3.84. The summed E-state index contributed by atoms with van der Waals surface area (Å²) in [6.45, 7) is 8.70. The van der Waals surface area contributed by atoms with Gasteiger partial charge in [-0.1, -0.05) is 27.7 Å². The lowest BCUT2D eigenvalue weighted by atomic mass is 9.65. The van der Waals surface area contributed by atoms with Gasteiger partial charge < -0.3 is 8.83 Å². The molecule has 0 aliphatic rings. The van der Waals surface area contributed by atoms with Gasteiger partial charge in [-0.15, -0.1) is 0 Å². The average molecular weight is 218 g/mol. The highest BCUT2D eigenvalue weighted by Crippen LogP contribution is 2.43. The number of furan rings is 2. The zero-order chi connectivity index (χ0) is 11.8. The second-order valence-corrected chi connectivity index (χ2v) is 5.20. The van der Waals surface area contributed by atoms with Gasteiger partial charge in [-0.25, -0.2) is 0 Å². The zero-order valence-electron chi connectivity index (χ0n) is 10.3. The summed E-state index contributed by atoms with van der Waals surface area (Å²) in [5.74, 6) is 1.96. The fraction of sp³-hybridized carbons (Fsp3) is 0.429. The van der Waals surface area contributed by atoms with E-state index in [4.69, 9.17) is 8.83 Å². The molecule has 0 saturated heterocycles. The second kappa shape index (κ2) is 3.55. The smallest absolute Gasteiger partial charge is 0.110 e. The molecule has 0 amide bonds. The van der Waals surface area contributed by atoms with E-state index in [1.54, 1.807) is 12.5 Å². The quantitative estimate of drug-likeness (QED) is 0.774. The highest BCUT2D eigenvalue weighted by molar-refractivity contribution is 5.26. The summed E-state index contributed by atoms with van der Waals surface area (Å²) in [7, 11) is 0. The molecule has 0 aliphatic heterocycles. The Hall–Kier alpha value is -1.44. The molecule has 0 aromatic carbocycles. The number of hydrogen-bond acceptors (Lipinski definition) is 2. The van der Waals surface area contributed by atoms with Crippen molar-refractivity contribution in [1.82, 2.24) is 0 Å². The van der Waals surface area contributed by atoms with Crippen molar-refractivity contribution >= 4 is 0 Å². The van der Waals surface area contributed by atoms with Gasteiger partial charge >= 0.3 is 0 Å². The van der Waals surface area contributed by atoms with Crippen molar-refractivity contribution in [2.45, 2.75) is 38.5 Å². The predicted octanol–water partition coefficient (Wildman–Crippen LogP) is 4.13. The van der Waals surface area contributed by atoms with Crippen LogP contribution in [0.2, 0.25) is 0 Å². The molecule has 0 radical (unpaired) electrons. The van der Waals surface area contributed by atoms with E-state index in [0.717, 1.165) is 11.5 Å². The molecule has 0 saturated carbocycles. The summed E-state index contributed by atoms with van der Waals surface area (Å²) in [6.07, 6.45) is 3.44. The Labute approximate surface area is 96.3 Å². The van der Waals surface area contributed by atoms with Crippen LogP contribution in [-0.4, -0.2) is 0 Å². The fourth-order valence-electron chi connectivity index (χ4n) is 1.88. The Morgan fingerprint density at radius 2 is 1.12 bits per heavy atom. The van der Waals surface area contributed by atoms with Crippen LogP contribution in [-0.2, 0) is 10.8 Å². The van der Waals surface area contributed by atoms with Crippen LogP contribution < -0.4 is 0 Å². The van der Waals surface area contributed by atoms with Gasteiger partial charge in [0.2, 0.25) is 0 Å². The molecule has 2 rings (SSSR count). The van der Waals surface area contributed by atoms with Crippen LogP contribution in [0.15, 0.2) is 45.6 Å². The lowest BCUT2D eigenvalue weighted by Gasteiger charge is -2.38. The van der Waals surface area contributed by atoms with Crippen LogP contribution in [0.25, 0.3) is 0 Å². The molecule has 0 bridgehead atoms. The van der Waals surface area contributed by atoms with E-state index >= 15 is 0 Å². The zero-order valence-corrected chi connectivity index (χ0v) is 10.3. The van der Waals surface area contributed by atoms with Crippen LogP contribution in [0.1, 0.15) is 39.2 Å². The minimum absolute atomic E-state index is 0.117. The molecule has 2 nitrogen and oxygen atoms in total. The highest BCUT2D eigenvalue weighted by Gasteiger charge is 2.43. The van der Waals surface area contributed by atoms with Gasteiger partial charge in [0.05, 0.1) is 12.5 Å². The Kier molecular flexibility index (Phi) is 2.45. The SMILES string of the molecule is CC(C)(c1ccco1)C(C)(C)c1ccco1. The maximum absolute atomic E-state index is 5.54. The van der Waals surface area contributed by atoms with Crippen molar-refractivity contribution in [3.05, 3.63) is 48.3 Å². The van der Waals surface area contributed by atoms with E-state index in [1.807, 2.05) is 24.3 Å². The molecule has 0 fully saturated rings. The summed E-state index contributed by atoms with van der Waals surface area (Å²) in [5, 5.41) is 0. The lowest BCUT2D eigenvalue weighted by Crippen LogP contribution is -2.39. The Morgan fingerprint density at radius 3 is 1.38 bits per heavy atom. The molecule has 2 heteroatoms. The third-order valence-electron chi connectivity index (χ3n) is 3.84. The van der Waals surface area contributed by atoms with Crippen molar-refractivity contribution in [2.24, 2.45) is 0 Å². The van der Waals surface area contributed by atoms with Crippen molar-refractivity contribution in [3.63, 3.8) is 0 Å². The normalized spacial score (nSPS) is 13.0. The molecule has 0 N–H and O–H groups in total. The van der Waals surface area contributed by atoms with Crippen molar-refractivity contribution in [3.8, 4) is 0 Å². The van der Waals surface area contributed by atoms with Gasteiger partial charge in [0.1, 0.15) is 11.5 Å². The van der Waals surface area contributed by atoms with Crippen LogP contribution in [0.3, 0.4) is 0 Å². The first-order valence-corrected chi connectivity index (χ1v) is 5.54. The first-order valence-electron chi connectivity index (χ1n) is 5.54. The van der Waals surface area contributed by atoms with Crippen molar-refractivity contribution in [1.29, 1.82) is 0 Å². The van der Waals surface area contributed by atoms with E-state index in [1.165, 1.54) is 0 Å². The Balaban J connectivity index is 2.44. The molecule has 0 atom stereocenters. The van der Waals surface area contributed by atoms with E-state index in [9.17, 15) is 0 Å². The van der Waals surface area contributed by atoms with Crippen LogP contribution in [0.4, 0.5) is 0 Å². The highest BCUT2D eigenvalue weighted by atomic mass is 16.3. The van der Waals surface area contributed by atoms with Crippen LogP contribution >= 0.6 is 0 Å². The molecule has 2 heterocycles. The maximum atomic E-state index is 5.54. The van der Waals surface area contributed by atoms with E-state index in [2.05, 4.69) is 27.7 Å². The van der Waals surface area contributed by atoms with E-state index in [-0.39, 0.29) is 10.8 Å². The standard InChI is InChI=1S/C14H18O2/c1-13(2,11-7-5-9-15-11)14(3,4)12-8-6-10-16-12/h5-10H,1-4H3. The van der Waals surface area contributed by atoms with Gasteiger partial charge in [-0.05, 0) is 24.3 Å². The molecule has 2 aromatic heterocycles. The summed E-state index contributed by atoms with van der Waals surface area (Å²) in [4.78, 5) is 0. The first-order chi connectivity index (χ1) is 7.46. The predicted molar refractivity (Wildman–Crippen MR) is 63.5 cm³/mol. The molecule has 86 valence electrons. The largest absolute Gasteiger partial charge is 0.469 e. The van der Waals surface area contributed by atoms with Crippen LogP contribution in [0, 0.1) is 0 Å². The van der Waals surface area contributed by atoms with Crippen molar-refractivity contribution < 1.29 is 8.83 Å².